The quantitative estimate of drug-likeness (QED) is 0.294. The summed E-state index contributed by atoms with van der Waals surface area (Å²) in [6.07, 6.45) is 35.2. The summed E-state index contributed by atoms with van der Waals surface area (Å²) < 4.78 is 0. The van der Waals surface area contributed by atoms with Crippen molar-refractivity contribution >= 4 is 0 Å². The maximum Gasteiger partial charge on any atom is -0.0348 e. The van der Waals surface area contributed by atoms with Gasteiger partial charge in [-0.3, -0.25) is 0 Å². The molecule has 0 radical (unpaired) electrons. The van der Waals surface area contributed by atoms with Gasteiger partial charge >= 0.3 is 0 Å². The molecule has 0 aliphatic rings. The van der Waals surface area contributed by atoms with Crippen LogP contribution in [0.4, 0.5) is 0 Å². The molecule has 0 heteroatoms. The van der Waals surface area contributed by atoms with Gasteiger partial charge < -0.3 is 0 Å². The van der Waals surface area contributed by atoms with Gasteiger partial charge in [0.25, 0.3) is 0 Å². The Balaban J connectivity index is 3.72. The smallest absolute Gasteiger partial charge is 0.0348 e. The number of allylic oxidation sites excluding steroid dienone is 15. The Hall–Kier alpha value is -2.08. The first-order valence-electron chi connectivity index (χ1n) is 7.69. The predicted molar refractivity (Wildman–Crippen MR) is 98.3 cm³/mol. The first-order chi connectivity index (χ1) is 10.4. The lowest BCUT2D eigenvalue weighted by molar-refractivity contribution is 0.729. The van der Waals surface area contributed by atoms with E-state index in [1.165, 1.54) is 25.7 Å². The van der Waals surface area contributed by atoms with Crippen molar-refractivity contribution < 1.29 is 0 Å². The van der Waals surface area contributed by atoms with Gasteiger partial charge in [0.2, 0.25) is 0 Å². The molecule has 0 amide bonds. The second-order valence-corrected chi connectivity index (χ2v) is 4.47. The highest BCUT2D eigenvalue weighted by Gasteiger charge is 1.79. The fourth-order valence-corrected chi connectivity index (χ4v) is 1.47. The minimum absolute atomic E-state index is 1.18. The summed E-state index contributed by atoms with van der Waals surface area (Å²) in [7, 11) is 0. The van der Waals surface area contributed by atoms with Gasteiger partial charge in [-0.25, -0.2) is 0 Å². The van der Waals surface area contributed by atoms with Crippen LogP contribution in [0.15, 0.2) is 97.7 Å². The molecule has 0 nitrogen and oxygen atoms in total. The van der Waals surface area contributed by atoms with Crippen molar-refractivity contribution in [1.29, 1.82) is 0 Å². The molecule has 0 saturated carbocycles. The van der Waals surface area contributed by atoms with Gasteiger partial charge in [-0.2, -0.15) is 0 Å². The van der Waals surface area contributed by atoms with E-state index in [1.54, 1.807) is 6.08 Å². The normalized spacial score (nSPS) is 13.6. The molecule has 21 heavy (non-hydrogen) atoms. The van der Waals surface area contributed by atoms with Crippen molar-refractivity contribution in [2.75, 3.05) is 0 Å². The van der Waals surface area contributed by atoms with Crippen LogP contribution in [0.5, 0.6) is 0 Å². The van der Waals surface area contributed by atoms with Crippen LogP contribution in [0.2, 0.25) is 0 Å². The molecule has 0 atom stereocenters. The Morgan fingerprint density at radius 2 is 1.00 bits per heavy atom. The second kappa shape index (κ2) is 17.9. The van der Waals surface area contributed by atoms with E-state index in [1.807, 2.05) is 66.8 Å². The Bertz CT molecular complexity index is 423. The monoisotopic (exact) mass is 280 g/mol. The molecule has 0 unspecified atom stereocenters. The Kier molecular flexibility index (Phi) is 16.1. The predicted octanol–water partition coefficient (Wildman–Crippen LogP) is 6.65. The Morgan fingerprint density at radius 1 is 0.571 bits per heavy atom. The lowest BCUT2D eigenvalue weighted by Crippen LogP contribution is -1.69. The maximum absolute atomic E-state index is 3.60. The topological polar surface area (TPSA) is 0 Å². The van der Waals surface area contributed by atoms with E-state index >= 15 is 0 Å². The Labute approximate surface area is 131 Å². The minimum atomic E-state index is 1.18. The van der Waals surface area contributed by atoms with Crippen LogP contribution >= 0.6 is 0 Å². The summed E-state index contributed by atoms with van der Waals surface area (Å²) in [5, 5.41) is 0. The summed E-state index contributed by atoms with van der Waals surface area (Å²) in [6, 6.07) is 0. The summed E-state index contributed by atoms with van der Waals surface area (Å²) in [6.45, 7) is 5.83. The molecule has 0 heterocycles. The summed E-state index contributed by atoms with van der Waals surface area (Å²) in [5.41, 5.74) is 0. The highest BCUT2D eigenvalue weighted by atomic mass is 13.9. The zero-order valence-corrected chi connectivity index (χ0v) is 13.2. The van der Waals surface area contributed by atoms with E-state index in [4.69, 9.17) is 0 Å². The molecule has 0 fully saturated rings. The highest BCUT2D eigenvalue weighted by molar-refractivity contribution is 5.21. The third kappa shape index (κ3) is 17.9. The van der Waals surface area contributed by atoms with Crippen molar-refractivity contribution in [3.63, 3.8) is 0 Å². The van der Waals surface area contributed by atoms with Gasteiger partial charge in [-0.1, -0.05) is 117 Å². The second-order valence-electron chi connectivity index (χ2n) is 4.47. The average Bonchev–Trinajstić information content (AvgIpc) is 2.50. The molecule has 0 aromatic rings. The lowest BCUT2D eigenvalue weighted by Gasteiger charge is -1.89. The van der Waals surface area contributed by atoms with Crippen LogP contribution in [0.1, 0.15) is 32.6 Å². The molecule has 0 aliphatic heterocycles. The van der Waals surface area contributed by atoms with Crippen molar-refractivity contribution in [1.82, 2.24) is 0 Å². The Morgan fingerprint density at radius 3 is 1.43 bits per heavy atom. The van der Waals surface area contributed by atoms with Gasteiger partial charge in [-0.05, 0) is 12.8 Å². The van der Waals surface area contributed by atoms with Crippen molar-refractivity contribution in [3.05, 3.63) is 97.7 Å². The molecular weight excluding hydrogens is 252 g/mol. The number of hydrogen-bond donors (Lipinski definition) is 0. The molecule has 0 N–H and O–H groups in total. The first-order valence-corrected chi connectivity index (χ1v) is 7.69. The van der Waals surface area contributed by atoms with Crippen molar-refractivity contribution in [2.24, 2.45) is 0 Å². The standard InChI is InChI=1S/C21H28/c1-3-5-7-9-11-13-15-17-19-21-20-18-16-14-12-10-8-6-4-2/h3,5,7,9,11-21H,1,4,6,8,10H2,2H3/b7-5+,11-9+,14-12+,15-13+,18-16+,19-17+,21-20+. The number of hydrogen-bond acceptors (Lipinski definition) is 0. The summed E-state index contributed by atoms with van der Waals surface area (Å²) >= 11 is 0. The van der Waals surface area contributed by atoms with E-state index in [0.717, 1.165) is 0 Å². The van der Waals surface area contributed by atoms with Gasteiger partial charge in [0.15, 0.2) is 0 Å². The van der Waals surface area contributed by atoms with Crippen LogP contribution in [0.25, 0.3) is 0 Å². The molecule has 0 bridgehead atoms. The van der Waals surface area contributed by atoms with E-state index in [0.29, 0.717) is 0 Å². The fourth-order valence-electron chi connectivity index (χ4n) is 1.47. The molecule has 0 saturated heterocycles. The van der Waals surface area contributed by atoms with Crippen LogP contribution in [-0.4, -0.2) is 0 Å². The summed E-state index contributed by atoms with van der Waals surface area (Å²) in [4.78, 5) is 0. The van der Waals surface area contributed by atoms with E-state index in [2.05, 4.69) is 31.7 Å². The first kappa shape index (κ1) is 18.9. The van der Waals surface area contributed by atoms with Crippen LogP contribution in [-0.2, 0) is 0 Å². The van der Waals surface area contributed by atoms with Crippen molar-refractivity contribution in [3.8, 4) is 0 Å². The molecule has 0 aromatic heterocycles. The highest BCUT2D eigenvalue weighted by Crippen LogP contribution is 1.99. The fraction of sp³-hybridized carbons (Fsp3) is 0.238. The zero-order chi connectivity index (χ0) is 15.4. The molecular formula is C21H28. The van der Waals surface area contributed by atoms with Crippen LogP contribution in [0.3, 0.4) is 0 Å². The molecule has 0 spiro atoms. The third-order valence-electron chi connectivity index (χ3n) is 2.58. The molecule has 0 rings (SSSR count). The van der Waals surface area contributed by atoms with E-state index < -0.39 is 0 Å². The van der Waals surface area contributed by atoms with Crippen LogP contribution < -0.4 is 0 Å². The SMILES string of the molecule is C=C/C=C/C=C/C=C/C=C/C=C/C=C/C=C/CCCCC. The van der Waals surface area contributed by atoms with Crippen LogP contribution in [0, 0.1) is 0 Å². The van der Waals surface area contributed by atoms with Crippen molar-refractivity contribution in [2.45, 2.75) is 32.6 Å². The lowest BCUT2D eigenvalue weighted by atomic mass is 10.2. The van der Waals surface area contributed by atoms with E-state index in [-0.39, 0.29) is 0 Å². The molecule has 0 aromatic carbocycles. The maximum atomic E-state index is 3.60. The van der Waals surface area contributed by atoms with Gasteiger partial charge in [0.05, 0.1) is 0 Å². The molecule has 0 aliphatic carbocycles. The van der Waals surface area contributed by atoms with Gasteiger partial charge in [0, 0.05) is 0 Å². The minimum Gasteiger partial charge on any atom is -0.0991 e. The number of unbranched alkanes of at least 4 members (excludes halogenated alkanes) is 3. The van der Waals surface area contributed by atoms with Gasteiger partial charge in [0.1, 0.15) is 0 Å². The summed E-state index contributed by atoms with van der Waals surface area (Å²) in [5.74, 6) is 0. The van der Waals surface area contributed by atoms with E-state index in [9.17, 15) is 0 Å². The van der Waals surface area contributed by atoms with Gasteiger partial charge in [-0.15, -0.1) is 0 Å². The third-order valence-corrected chi connectivity index (χ3v) is 2.58. The molecule has 112 valence electrons. The largest absolute Gasteiger partial charge is 0.0991 e. The number of rotatable bonds is 11. The average molecular weight is 280 g/mol. The zero-order valence-electron chi connectivity index (χ0n) is 13.2.